The van der Waals surface area contributed by atoms with E-state index in [2.05, 4.69) is 0 Å². The molecule has 0 amide bonds. The van der Waals surface area contributed by atoms with Gasteiger partial charge in [-0.05, 0) is 55.6 Å². The molecule has 0 aliphatic rings. The minimum atomic E-state index is -1.52. The zero-order chi connectivity index (χ0) is 24.2. The summed E-state index contributed by atoms with van der Waals surface area (Å²) in [5, 5.41) is 20.4. The van der Waals surface area contributed by atoms with Crippen LogP contribution in [0.2, 0.25) is 0 Å². The Balaban J connectivity index is 2.03. The van der Waals surface area contributed by atoms with Crippen LogP contribution in [-0.2, 0) is 4.79 Å². The number of carboxylic acid groups (broad SMARTS) is 2. The maximum Gasteiger partial charge on any atom is 0.347 e. The molecule has 0 aliphatic carbocycles. The fraction of sp³-hybridized carbons (Fsp3) is 0.160. The molecule has 3 aromatic rings. The van der Waals surface area contributed by atoms with Gasteiger partial charge in [-0.25, -0.2) is 9.59 Å². The molecule has 0 saturated carbocycles. The summed E-state index contributed by atoms with van der Waals surface area (Å²) in [6.45, 7) is 2.86. The van der Waals surface area contributed by atoms with Gasteiger partial charge in [0.15, 0.2) is 11.4 Å². The lowest BCUT2D eigenvalue weighted by Gasteiger charge is -2.24. The number of ketones is 1. The Morgan fingerprint density at radius 3 is 2.18 bits per heavy atom. The van der Waals surface area contributed by atoms with Crippen molar-refractivity contribution in [1.29, 1.82) is 0 Å². The van der Waals surface area contributed by atoms with Gasteiger partial charge in [-0.3, -0.25) is 4.79 Å². The Bertz CT molecular complexity index is 1210. The number of methoxy groups -OCH3 is 1. The van der Waals surface area contributed by atoms with Gasteiger partial charge in [0.05, 0.1) is 12.7 Å². The second-order valence-corrected chi connectivity index (χ2v) is 8.51. The molecule has 0 spiro atoms. The quantitative estimate of drug-likeness (QED) is 0.327. The van der Waals surface area contributed by atoms with Crippen LogP contribution < -0.4 is 9.47 Å². The number of ether oxygens (including phenoxy) is 2. The van der Waals surface area contributed by atoms with E-state index in [4.69, 9.17) is 14.6 Å². The minimum absolute atomic E-state index is 0.0814. The minimum Gasteiger partial charge on any atom is -0.496 e. The van der Waals surface area contributed by atoms with Crippen LogP contribution in [0.1, 0.15) is 40.1 Å². The molecule has 3 rings (SSSR count). The number of rotatable bonds is 9. The Kier molecular flexibility index (Phi) is 6.98. The molecular weight excluding hydrogens is 444 g/mol. The highest BCUT2D eigenvalue weighted by Gasteiger charge is 2.30. The molecule has 0 unspecified atom stereocenters. The van der Waals surface area contributed by atoms with E-state index in [1.165, 1.54) is 68.7 Å². The SMILES string of the molecule is COc1cc(OC(C)(C)C(=O)O)c(/C=C/C(=O)c2ccc(C(=O)O)cc2)cc1-c1cccs1. The molecule has 1 aromatic heterocycles. The standard InChI is InChI=1S/C25H22O7S/c1-25(2,24(29)30)32-20-14-21(31-3)18(22-5-4-12-33-22)13-17(20)10-11-19(26)15-6-8-16(9-7-15)23(27)28/h4-14H,1-3H3,(H,27,28)(H,29,30)/b11-10+. The largest absolute Gasteiger partial charge is 0.496 e. The van der Waals surface area contributed by atoms with Crippen molar-refractivity contribution < 1.29 is 34.1 Å². The topological polar surface area (TPSA) is 110 Å². The van der Waals surface area contributed by atoms with Crippen molar-refractivity contribution in [1.82, 2.24) is 0 Å². The van der Waals surface area contributed by atoms with Crippen LogP contribution in [0.15, 0.2) is 60.0 Å². The fourth-order valence-electron chi connectivity index (χ4n) is 2.95. The highest BCUT2D eigenvalue weighted by atomic mass is 32.1. The van der Waals surface area contributed by atoms with Crippen LogP contribution in [0, 0.1) is 0 Å². The zero-order valence-electron chi connectivity index (χ0n) is 18.2. The lowest BCUT2D eigenvalue weighted by atomic mass is 10.0. The van der Waals surface area contributed by atoms with Crippen molar-refractivity contribution >= 4 is 35.1 Å². The lowest BCUT2D eigenvalue weighted by molar-refractivity contribution is -0.152. The first-order valence-electron chi connectivity index (χ1n) is 9.86. The van der Waals surface area contributed by atoms with Crippen molar-refractivity contribution in [2.45, 2.75) is 19.4 Å². The highest BCUT2D eigenvalue weighted by molar-refractivity contribution is 7.13. The van der Waals surface area contributed by atoms with Crippen LogP contribution in [-0.4, -0.2) is 40.6 Å². The Morgan fingerprint density at radius 2 is 1.64 bits per heavy atom. The predicted molar refractivity (Wildman–Crippen MR) is 125 cm³/mol. The molecule has 7 nitrogen and oxygen atoms in total. The van der Waals surface area contributed by atoms with Crippen LogP contribution in [0.3, 0.4) is 0 Å². The number of carbonyl (C=O) groups is 3. The summed E-state index contributed by atoms with van der Waals surface area (Å²) in [6.07, 6.45) is 2.87. The van der Waals surface area contributed by atoms with Gasteiger partial charge in [0.25, 0.3) is 0 Å². The monoisotopic (exact) mass is 466 g/mol. The molecule has 0 aliphatic heterocycles. The number of hydrogen-bond acceptors (Lipinski definition) is 6. The molecule has 2 aromatic carbocycles. The average Bonchev–Trinajstić information content (AvgIpc) is 3.32. The summed E-state index contributed by atoms with van der Waals surface area (Å²) in [4.78, 5) is 36.2. The van der Waals surface area contributed by atoms with Gasteiger partial charge in [0.2, 0.25) is 0 Å². The molecule has 8 heteroatoms. The molecule has 0 radical (unpaired) electrons. The molecule has 170 valence electrons. The molecule has 0 fully saturated rings. The van der Waals surface area contributed by atoms with Gasteiger partial charge in [0, 0.05) is 27.6 Å². The van der Waals surface area contributed by atoms with Gasteiger partial charge in [-0.15, -0.1) is 11.3 Å². The third kappa shape index (κ3) is 5.48. The van der Waals surface area contributed by atoms with E-state index in [9.17, 15) is 19.5 Å². The van der Waals surface area contributed by atoms with E-state index in [1.807, 2.05) is 17.5 Å². The van der Waals surface area contributed by atoms with E-state index in [-0.39, 0.29) is 17.1 Å². The summed E-state index contributed by atoms with van der Waals surface area (Å²) in [7, 11) is 1.51. The van der Waals surface area contributed by atoms with E-state index < -0.39 is 17.5 Å². The molecule has 2 N–H and O–H groups in total. The summed E-state index contributed by atoms with van der Waals surface area (Å²) in [5.41, 5.74) is 0.138. The molecule has 0 atom stereocenters. The second kappa shape index (κ2) is 9.70. The fourth-order valence-corrected chi connectivity index (χ4v) is 3.69. The number of aliphatic carboxylic acids is 1. The van der Waals surface area contributed by atoms with Crippen LogP contribution in [0.4, 0.5) is 0 Å². The number of carbonyl (C=O) groups excluding carboxylic acids is 1. The average molecular weight is 467 g/mol. The summed E-state index contributed by atoms with van der Waals surface area (Å²) in [6, 6.07) is 12.8. The number of carboxylic acids is 2. The van der Waals surface area contributed by atoms with Crippen molar-refractivity contribution in [2.24, 2.45) is 0 Å². The van der Waals surface area contributed by atoms with Crippen molar-refractivity contribution in [3.05, 3.63) is 76.7 Å². The van der Waals surface area contributed by atoms with E-state index >= 15 is 0 Å². The van der Waals surface area contributed by atoms with Gasteiger partial charge in [-0.2, -0.15) is 0 Å². The normalized spacial score (nSPS) is 11.4. The Labute approximate surface area is 194 Å². The van der Waals surface area contributed by atoms with E-state index in [1.54, 1.807) is 12.1 Å². The summed E-state index contributed by atoms with van der Waals surface area (Å²) >= 11 is 1.51. The highest BCUT2D eigenvalue weighted by Crippen LogP contribution is 2.39. The van der Waals surface area contributed by atoms with Crippen molar-refractivity contribution in [2.75, 3.05) is 7.11 Å². The summed E-state index contributed by atoms with van der Waals surface area (Å²) in [5.74, 6) is -1.82. The number of thiophene rings is 1. The molecule has 0 bridgehead atoms. The number of hydrogen-bond donors (Lipinski definition) is 2. The summed E-state index contributed by atoms with van der Waals surface area (Å²) < 4.78 is 11.3. The third-order valence-corrected chi connectivity index (χ3v) is 5.73. The number of aromatic carboxylic acids is 1. The number of benzene rings is 2. The maximum atomic E-state index is 12.6. The lowest BCUT2D eigenvalue weighted by Crippen LogP contribution is -2.38. The first-order valence-corrected chi connectivity index (χ1v) is 10.7. The molecule has 33 heavy (non-hydrogen) atoms. The van der Waals surface area contributed by atoms with Crippen molar-refractivity contribution in [3.63, 3.8) is 0 Å². The zero-order valence-corrected chi connectivity index (χ0v) is 19.0. The maximum absolute atomic E-state index is 12.6. The van der Waals surface area contributed by atoms with Gasteiger partial charge < -0.3 is 19.7 Å². The Morgan fingerprint density at radius 1 is 0.970 bits per heavy atom. The third-order valence-electron chi connectivity index (χ3n) is 4.83. The van der Waals surface area contributed by atoms with Crippen LogP contribution >= 0.6 is 11.3 Å². The predicted octanol–water partition coefficient (Wildman–Crippen LogP) is 5.26. The molecule has 1 heterocycles. The first-order chi connectivity index (χ1) is 15.6. The van der Waals surface area contributed by atoms with Gasteiger partial charge in [0.1, 0.15) is 11.5 Å². The molecular formula is C25H22O7S. The first kappa shape index (κ1) is 23.7. The molecule has 0 saturated heterocycles. The van der Waals surface area contributed by atoms with Gasteiger partial charge >= 0.3 is 11.9 Å². The van der Waals surface area contributed by atoms with Crippen LogP contribution in [0.25, 0.3) is 16.5 Å². The van der Waals surface area contributed by atoms with E-state index in [0.29, 0.717) is 16.9 Å². The second-order valence-electron chi connectivity index (χ2n) is 7.57. The number of allylic oxidation sites excluding steroid dienone is 1. The van der Waals surface area contributed by atoms with Gasteiger partial charge in [-0.1, -0.05) is 18.2 Å². The van der Waals surface area contributed by atoms with E-state index in [0.717, 1.165) is 10.4 Å². The van der Waals surface area contributed by atoms with Crippen molar-refractivity contribution in [3.8, 4) is 21.9 Å². The Hall–Kier alpha value is -3.91. The smallest absolute Gasteiger partial charge is 0.347 e. The van der Waals surface area contributed by atoms with Crippen LogP contribution in [0.5, 0.6) is 11.5 Å².